The normalized spacial score (nSPS) is 49.9. The Hall–Kier alpha value is -0.630. The average molecular weight is 302 g/mol. The Morgan fingerprint density at radius 3 is 2.64 bits per heavy atom. The minimum Gasteiger partial charge on any atom is -0.393 e. The monoisotopic (exact) mass is 302 g/mol. The van der Waals surface area contributed by atoms with E-state index >= 15 is 0 Å². The van der Waals surface area contributed by atoms with Gasteiger partial charge in [-0.25, -0.2) is 0 Å². The van der Waals surface area contributed by atoms with Gasteiger partial charge in [0.1, 0.15) is 5.78 Å². The third-order valence-corrected chi connectivity index (χ3v) is 8.07. The Bertz CT molecular complexity index is 532. The fourth-order valence-electron chi connectivity index (χ4n) is 6.62. The summed E-state index contributed by atoms with van der Waals surface area (Å²) in [6.45, 7) is 6.61. The Balaban J connectivity index is 1.68. The Labute approximate surface area is 134 Å². The summed E-state index contributed by atoms with van der Waals surface area (Å²) >= 11 is 0. The van der Waals surface area contributed by atoms with Gasteiger partial charge in [-0.2, -0.15) is 0 Å². The van der Waals surface area contributed by atoms with Crippen LogP contribution < -0.4 is 0 Å². The van der Waals surface area contributed by atoms with E-state index in [1.54, 1.807) is 0 Å². The van der Waals surface area contributed by atoms with Crippen LogP contribution in [0, 0.1) is 34.5 Å². The summed E-state index contributed by atoms with van der Waals surface area (Å²) in [5.41, 5.74) is 1.38. The van der Waals surface area contributed by atoms with Crippen LogP contribution in [0.3, 0.4) is 0 Å². The lowest BCUT2D eigenvalue weighted by Crippen LogP contribution is -2.49. The molecule has 0 unspecified atom stereocenters. The number of aliphatic hydroxyl groups is 1. The number of Topliss-reactive ketones (excluding diaryl/α,β-unsaturated/α-hetero) is 1. The smallest absolute Gasteiger partial charge is 0.142 e. The molecule has 0 aromatic heterocycles. The first-order valence-electron chi connectivity index (χ1n) is 9.27. The number of fused-ring (bicyclic) bond motifs is 5. The number of hydrogen-bond acceptors (Lipinski definition) is 2. The molecule has 0 saturated heterocycles. The molecular weight excluding hydrogens is 272 g/mol. The highest BCUT2D eigenvalue weighted by Crippen LogP contribution is 2.62. The Morgan fingerprint density at radius 1 is 1.09 bits per heavy atom. The van der Waals surface area contributed by atoms with E-state index in [0.717, 1.165) is 37.5 Å². The molecule has 0 amide bonds. The molecule has 2 heteroatoms. The third-order valence-electron chi connectivity index (χ3n) is 8.07. The van der Waals surface area contributed by atoms with Crippen molar-refractivity contribution in [3.05, 3.63) is 11.6 Å². The van der Waals surface area contributed by atoms with Gasteiger partial charge in [0.15, 0.2) is 0 Å². The molecule has 22 heavy (non-hydrogen) atoms. The first-order valence-corrected chi connectivity index (χ1v) is 9.27. The van der Waals surface area contributed by atoms with Gasteiger partial charge in [-0.05, 0) is 81.5 Å². The van der Waals surface area contributed by atoms with Crippen molar-refractivity contribution >= 4 is 5.78 Å². The minimum absolute atomic E-state index is 0.0896. The highest BCUT2D eigenvalue weighted by Gasteiger charge is 2.57. The van der Waals surface area contributed by atoms with Crippen molar-refractivity contribution in [3.8, 4) is 0 Å². The summed E-state index contributed by atoms with van der Waals surface area (Å²) < 4.78 is 0. The number of allylic oxidation sites excluding steroid dienone is 2. The van der Waals surface area contributed by atoms with Crippen molar-refractivity contribution in [3.63, 3.8) is 0 Å². The van der Waals surface area contributed by atoms with E-state index in [9.17, 15) is 9.90 Å². The predicted molar refractivity (Wildman–Crippen MR) is 87.3 cm³/mol. The molecule has 1 N–H and O–H groups in total. The Morgan fingerprint density at radius 2 is 1.86 bits per heavy atom. The molecule has 3 saturated carbocycles. The van der Waals surface area contributed by atoms with Crippen LogP contribution in [0.1, 0.15) is 65.7 Å². The number of ketones is 1. The molecule has 0 bridgehead atoms. The van der Waals surface area contributed by atoms with Crippen molar-refractivity contribution in [2.75, 3.05) is 0 Å². The van der Waals surface area contributed by atoms with Gasteiger partial charge >= 0.3 is 0 Å². The van der Waals surface area contributed by atoms with E-state index in [4.69, 9.17) is 0 Å². The van der Waals surface area contributed by atoms with Crippen molar-refractivity contribution in [1.29, 1.82) is 0 Å². The SMILES string of the molecule is CC1(C)C(=O)CC[C@@H]2C1=CC[C@@H]1[C@@H]2CC[C@]2(C)[C@H](O)CC[C@H]12. The zero-order valence-corrected chi connectivity index (χ0v) is 14.3. The summed E-state index contributed by atoms with van der Waals surface area (Å²) in [4.78, 5) is 12.3. The first kappa shape index (κ1) is 14.9. The first-order chi connectivity index (χ1) is 10.4. The fraction of sp³-hybridized carbons (Fsp3) is 0.850. The van der Waals surface area contributed by atoms with Gasteiger partial charge in [-0.15, -0.1) is 0 Å². The maximum absolute atomic E-state index is 12.3. The largest absolute Gasteiger partial charge is 0.393 e. The topological polar surface area (TPSA) is 37.3 Å². The van der Waals surface area contributed by atoms with Crippen molar-refractivity contribution in [2.24, 2.45) is 34.5 Å². The third kappa shape index (κ3) is 1.79. The van der Waals surface area contributed by atoms with Gasteiger partial charge < -0.3 is 5.11 Å². The average Bonchev–Trinajstić information content (AvgIpc) is 2.79. The zero-order chi connectivity index (χ0) is 15.7. The van der Waals surface area contributed by atoms with Gasteiger partial charge in [0.2, 0.25) is 0 Å². The molecular formula is C20H30O2. The van der Waals surface area contributed by atoms with Gasteiger partial charge in [0.25, 0.3) is 0 Å². The predicted octanol–water partition coefficient (Wildman–Crippen LogP) is 4.13. The van der Waals surface area contributed by atoms with Crippen LogP contribution in [0.5, 0.6) is 0 Å². The van der Waals surface area contributed by atoms with Crippen LogP contribution in [0.4, 0.5) is 0 Å². The number of rotatable bonds is 0. The standard InChI is InChI=1S/C20H30O2/c1-19(2)15-6-4-14-12(13(15)5-8-17(19)21)10-11-20(3)16(14)7-9-18(20)22/h6,12-14,16,18,22H,4-5,7-11H2,1-3H3/t12-,13+,14-,16-,18-,20+/m1/s1. The maximum Gasteiger partial charge on any atom is 0.142 e. The molecule has 3 fully saturated rings. The lowest BCUT2D eigenvalue weighted by atomic mass is 9.50. The number of carbonyl (C=O) groups excluding carboxylic acids is 1. The van der Waals surface area contributed by atoms with Crippen LogP contribution >= 0.6 is 0 Å². The van der Waals surface area contributed by atoms with E-state index in [2.05, 4.69) is 26.8 Å². The van der Waals surface area contributed by atoms with E-state index in [1.807, 2.05) is 0 Å². The molecule has 4 aliphatic rings. The lowest BCUT2D eigenvalue weighted by molar-refractivity contribution is -0.129. The number of carbonyl (C=O) groups is 1. The zero-order valence-electron chi connectivity index (χ0n) is 14.3. The summed E-state index contributed by atoms with van der Waals surface area (Å²) in [5, 5.41) is 10.5. The van der Waals surface area contributed by atoms with Gasteiger partial charge in [-0.1, -0.05) is 18.6 Å². The highest BCUT2D eigenvalue weighted by molar-refractivity contribution is 5.88. The van der Waals surface area contributed by atoms with Crippen molar-refractivity contribution < 1.29 is 9.90 Å². The summed E-state index contributed by atoms with van der Waals surface area (Å²) in [6.07, 6.45) is 9.95. The fourth-order valence-corrected chi connectivity index (χ4v) is 6.62. The molecule has 0 aromatic rings. The van der Waals surface area contributed by atoms with Crippen molar-refractivity contribution in [2.45, 2.75) is 71.8 Å². The van der Waals surface area contributed by atoms with Gasteiger partial charge in [0.05, 0.1) is 6.10 Å². The minimum atomic E-state index is -0.232. The van der Waals surface area contributed by atoms with Gasteiger partial charge in [0, 0.05) is 11.8 Å². The van der Waals surface area contributed by atoms with Crippen LogP contribution in [0.2, 0.25) is 0 Å². The molecule has 0 spiro atoms. The highest BCUT2D eigenvalue weighted by atomic mass is 16.3. The quantitative estimate of drug-likeness (QED) is 0.683. The number of aliphatic hydroxyl groups excluding tert-OH is 1. The van der Waals surface area contributed by atoms with E-state index in [0.29, 0.717) is 17.6 Å². The Kier molecular flexibility index (Phi) is 3.18. The van der Waals surface area contributed by atoms with Crippen LogP contribution in [0.15, 0.2) is 11.6 Å². The van der Waals surface area contributed by atoms with Crippen molar-refractivity contribution in [1.82, 2.24) is 0 Å². The second kappa shape index (κ2) is 4.69. The molecule has 4 aliphatic carbocycles. The second-order valence-corrected chi connectivity index (χ2v) is 9.16. The van der Waals surface area contributed by atoms with E-state index in [1.165, 1.54) is 24.8 Å². The molecule has 0 radical (unpaired) electrons. The summed E-state index contributed by atoms with van der Waals surface area (Å²) in [6, 6.07) is 0. The molecule has 0 heterocycles. The second-order valence-electron chi connectivity index (χ2n) is 9.16. The van der Waals surface area contributed by atoms with Gasteiger partial charge in [-0.3, -0.25) is 4.79 Å². The molecule has 0 aromatic carbocycles. The maximum atomic E-state index is 12.3. The summed E-state index contributed by atoms with van der Waals surface area (Å²) in [5.74, 6) is 3.27. The van der Waals surface area contributed by atoms with Crippen LogP contribution in [0.25, 0.3) is 0 Å². The molecule has 6 atom stereocenters. The molecule has 2 nitrogen and oxygen atoms in total. The molecule has 122 valence electrons. The van der Waals surface area contributed by atoms with Crippen LogP contribution in [-0.4, -0.2) is 17.0 Å². The van der Waals surface area contributed by atoms with Crippen LogP contribution in [-0.2, 0) is 4.79 Å². The molecule has 4 rings (SSSR count). The lowest BCUT2D eigenvalue weighted by Gasteiger charge is -2.54. The number of hydrogen-bond donors (Lipinski definition) is 1. The van der Waals surface area contributed by atoms with E-state index < -0.39 is 0 Å². The van der Waals surface area contributed by atoms with E-state index in [-0.39, 0.29) is 16.9 Å². The molecule has 0 aliphatic heterocycles. The summed E-state index contributed by atoms with van der Waals surface area (Å²) in [7, 11) is 0.